The second kappa shape index (κ2) is 5.69. The molecule has 1 heterocycles. The second-order valence-corrected chi connectivity index (χ2v) is 4.78. The van der Waals surface area contributed by atoms with Crippen LogP contribution in [0.1, 0.15) is 35.7 Å². The third kappa shape index (κ3) is 3.22. The summed E-state index contributed by atoms with van der Waals surface area (Å²) >= 11 is 0. The van der Waals surface area contributed by atoms with E-state index in [-0.39, 0.29) is 5.91 Å². The molecule has 1 N–H and O–H groups in total. The molecular weight excluding hydrogens is 242 g/mol. The maximum atomic E-state index is 12.2. The van der Waals surface area contributed by atoms with E-state index in [1.807, 2.05) is 4.90 Å². The highest BCUT2D eigenvalue weighted by Gasteiger charge is 2.25. The molecule has 0 bridgehead atoms. The van der Waals surface area contributed by atoms with Crippen molar-refractivity contribution < 1.29 is 14.7 Å². The van der Waals surface area contributed by atoms with Crippen LogP contribution in [0, 0.1) is 0 Å². The van der Waals surface area contributed by atoms with E-state index in [0.29, 0.717) is 11.6 Å². The standard InChI is InChI=1S/C15H17NO3/c1-11-3-2-10-16(11)15(19)13-7-4-12(5-8-13)6-9-14(17)18/h4-9,11H,2-3,10H2,1H3,(H,17,18)/b9-6+. The van der Waals surface area contributed by atoms with E-state index >= 15 is 0 Å². The Morgan fingerprint density at radius 2 is 2.00 bits per heavy atom. The average molecular weight is 259 g/mol. The van der Waals surface area contributed by atoms with Gasteiger partial charge in [0, 0.05) is 24.2 Å². The molecule has 4 heteroatoms. The summed E-state index contributed by atoms with van der Waals surface area (Å²) in [7, 11) is 0. The molecule has 0 radical (unpaired) electrons. The summed E-state index contributed by atoms with van der Waals surface area (Å²) in [5.41, 5.74) is 1.43. The van der Waals surface area contributed by atoms with Crippen LogP contribution in [-0.2, 0) is 4.79 Å². The third-order valence-corrected chi connectivity index (χ3v) is 3.39. The van der Waals surface area contributed by atoms with Gasteiger partial charge < -0.3 is 10.0 Å². The fourth-order valence-corrected chi connectivity index (χ4v) is 2.31. The van der Waals surface area contributed by atoms with Crippen molar-refractivity contribution in [2.24, 2.45) is 0 Å². The van der Waals surface area contributed by atoms with E-state index < -0.39 is 5.97 Å². The van der Waals surface area contributed by atoms with Crippen LogP contribution in [0.15, 0.2) is 30.3 Å². The first kappa shape index (κ1) is 13.3. The molecule has 1 fully saturated rings. The monoisotopic (exact) mass is 259 g/mol. The number of carboxylic acid groups (broad SMARTS) is 1. The Morgan fingerprint density at radius 3 is 2.53 bits per heavy atom. The largest absolute Gasteiger partial charge is 0.478 e. The van der Waals surface area contributed by atoms with Crippen LogP contribution in [0.2, 0.25) is 0 Å². The summed E-state index contributed by atoms with van der Waals surface area (Å²) in [6.45, 7) is 2.88. The number of benzene rings is 1. The van der Waals surface area contributed by atoms with E-state index in [9.17, 15) is 9.59 Å². The Labute approximate surface area is 112 Å². The SMILES string of the molecule is CC1CCCN1C(=O)c1ccc(/C=C/C(=O)O)cc1. The van der Waals surface area contributed by atoms with E-state index in [0.717, 1.165) is 31.0 Å². The number of nitrogens with zero attached hydrogens (tertiary/aromatic N) is 1. The topological polar surface area (TPSA) is 57.6 Å². The number of likely N-dealkylation sites (tertiary alicyclic amines) is 1. The lowest BCUT2D eigenvalue weighted by molar-refractivity contribution is -0.131. The van der Waals surface area contributed by atoms with Gasteiger partial charge in [0.15, 0.2) is 0 Å². The molecule has 19 heavy (non-hydrogen) atoms. The fourth-order valence-electron chi connectivity index (χ4n) is 2.31. The van der Waals surface area contributed by atoms with Crippen LogP contribution in [0.5, 0.6) is 0 Å². The second-order valence-electron chi connectivity index (χ2n) is 4.78. The summed E-state index contributed by atoms with van der Waals surface area (Å²) in [6, 6.07) is 7.31. The molecule has 1 atom stereocenters. The number of carbonyl (C=O) groups excluding carboxylic acids is 1. The van der Waals surface area contributed by atoms with Gasteiger partial charge in [0.25, 0.3) is 5.91 Å². The minimum atomic E-state index is -0.981. The van der Waals surface area contributed by atoms with E-state index in [2.05, 4.69) is 6.92 Å². The maximum Gasteiger partial charge on any atom is 0.328 e. The van der Waals surface area contributed by atoms with E-state index in [4.69, 9.17) is 5.11 Å². The minimum Gasteiger partial charge on any atom is -0.478 e. The number of carboxylic acids is 1. The summed E-state index contributed by atoms with van der Waals surface area (Å²) < 4.78 is 0. The summed E-state index contributed by atoms with van der Waals surface area (Å²) in [5, 5.41) is 8.54. The molecule has 0 spiro atoms. The van der Waals surface area contributed by atoms with Crippen molar-refractivity contribution in [3.05, 3.63) is 41.5 Å². The number of hydrogen-bond donors (Lipinski definition) is 1. The minimum absolute atomic E-state index is 0.0544. The Morgan fingerprint density at radius 1 is 1.32 bits per heavy atom. The van der Waals surface area contributed by atoms with Crippen LogP contribution >= 0.6 is 0 Å². The maximum absolute atomic E-state index is 12.2. The van der Waals surface area contributed by atoms with Crippen molar-refractivity contribution in [1.29, 1.82) is 0 Å². The molecule has 0 aliphatic carbocycles. The Balaban J connectivity index is 2.09. The number of amides is 1. The van der Waals surface area contributed by atoms with Crippen LogP contribution in [0.4, 0.5) is 0 Å². The molecule has 0 saturated carbocycles. The van der Waals surface area contributed by atoms with Crippen molar-refractivity contribution in [3.8, 4) is 0 Å². The van der Waals surface area contributed by atoms with Gasteiger partial charge in [-0.2, -0.15) is 0 Å². The van der Waals surface area contributed by atoms with Gasteiger partial charge in [0.05, 0.1) is 0 Å². The van der Waals surface area contributed by atoms with Crippen molar-refractivity contribution in [3.63, 3.8) is 0 Å². The normalized spacial score (nSPS) is 19.0. The molecule has 1 aliphatic rings. The average Bonchev–Trinajstić information content (AvgIpc) is 2.82. The zero-order valence-corrected chi connectivity index (χ0v) is 10.9. The van der Waals surface area contributed by atoms with Gasteiger partial charge in [0.1, 0.15) is 0 Å². The zero-order valence-electron chi connectivity index (χ0n) is 10.9. The summed E-state index contributed by atoms with van der Waals surface area (Å²) in [5.74, 6) is -0.926. The predicted molar refractivity (Wildman–Crippen MR) is 72.8 cm³/mol. The summed E-state index contributed by atoms with van der Waals surface area (Å²) in [4.78, 5) is 24.5. The third-order valence-electron chi connectivity index (χ3n) is 3.39. The number of aliphatic carboxylic acids is 1. The van der Waals surface area contributed by atoms with Gasteiger partial charge in [-0.1, -0.05) is 12.1 Å². The molecule has 4 nitrogen and oxygen atoms in total. The molecule has 1 aliphatic heterocycles. The number of rotatable bonds is 3. The van der Waals surface area contributed by atoms with Crippen LogP contribution in [-0.4, -0.2) is 34.5 Å². The molecule has 100 valence electrons. The summed E-state index contributed by atoms with van der Waals surface area (Å²) in [6.07, 6.45) is 4.71. The van der Waals surface area contributed by atoms with Gasteiger partial charge in [-0.15, -0.1) is 0 Å². The highest BCUT2D eigenvalue weighted by atomic mass is 16.4. The van der Waals surface area contributed by atoms with Crippen LogP contribution < -0.4 is 0 Å². The van der Waals surface area contributed by atoms with Gasteiger partial charge in [-0.3, -0.25) is 4.79 Å². The van der Waals surface area contributed by atoms with Crippen LogP contribution in [0.3, 0.4) is 0 Å². The highest BCUT2D eigenvalue weighted by molar-refractivity contribution is 5.95. The first-order chi connectivity index (χ1) is 9.08. The predicted octanol–water partition coefficient (Wildman–Crippen LogP) is 2.41. The molecule has 2 rings (SSSR count). The van der Waals surface area contributed by atoms with Crippen molar-refractivity contribution in [1.82, 2.24) is 4.90 Å². The van der Waals surface area contributed by atoms with Gasteiger partial charge in [-0.25, -0.2) is 4.79 Å². The molecule has 1 amide bonds. The fraction of sp³-hybridized carbons (Fsp3) is 0.333. The van der Waals surface area contributed by atoms with Crippen molar-refractivity contribution in [2.45, 2.75) is 25.8 Å². The van der Waals surface area contributed by atoms with Gasteiger partial charge >= 0.3 is 5.97 Å². The molecular formula is C15H17NO3. The number of hydrogen-bond acceptors (Lipinski definition) is 2. The lowest BCUT2D eigenvalue weighted by Crippen LogP contribution is -2.33. The molecule has 1 aromatic rings. The Hall–Kier alpha value is -2.10. The molecule has 1 saturated heterocycles. The number of carbonyl (C=O) groups is 2. The van der Waals surface area contributed by atoms with E-state index in [1.165, 1.54) is 6.08 Å². The first-order valence-electron chi connectivity index (χ1n) is 6.40. The first-order valence-corrected chi connectivity index (χ1v) is 6.40. The van der Waals surface area contributed by atoms with Crippen LogP contribution in [0.25, 0.3) is 6.08 Å². The van der Waals surface area contributed by atoms with Gasteiger partial charge in [-0.05, 0) is 43.5 Å². The highest BCUT2D eigenvalue weighted by Crippen LogP contribution is 2.19. The van der Waals surface area contributed by atoms with Crippen molar-refractivity contribution in [2.75, 3.05) is 6.54 Å². The quantitative estimate of drug-likeness (QED) is 0.848. The molecule has 0 aromatic heterocycles. The van der Waals surface area contributed by atoms with Crippen molar-refractivity contribution >= 4 is 18.0 Å². The Bertz CT molecular complexity index is 505. The smallest absolute Gasteiger partial charge is 0.328 e. The van der Waals surface area contributed by atoms with E-state index in [1.54, 1.807) is 24.3 Å². The lowest BCUT2D eigenvalue weighted by Gasteiger charge is -2.21. The molecule has 1 aromatic carbocycles. The zero-order chi connectivity index (χ0) is 13.8. The molecule has 1 unspecified atom stereocenters. The Kier molecular flexibility index (Phi) is 4.00. The van der Waals surface area contributed by atoms with Gasteiger partial charge in [0.2, 0.25) is 0 Å². The lowest BCUT2D eigenvalue weighted by atomic mass is 10.1.